The number of hydrogen-bond acceptors (Lipinski definition) is 13. The zero-order valence-electron chi connectivity index (χ0n) is 15.9. The molecule has 0 fully saturated rings. The van der Waals surface area contributed by atoms with Gasteiger partial charge in [0.2, 0.25) is 0 Å². The van der Waals surface area contributed by atoms with Gasteiger partial charge in [-0.05, 0) is 0 Å². The molecule has 0 aromatic carbocycles. The van der Waals surface area contributed by atoms with Crippen molar-refractivity contribution in [3.8, 4) is 18.4 Å². The van der Waals surface area contributed by atoms with Crippen molar-refractivity contribution in [2.45, 2.75) is 12.8 Å². The van der Waals surface area contributed by atoms with E-state index in [1.54, 1.807) is 0 Å². The summed E-state index contributed by atoms with van der Waals surface area (Å²) < 4.78 is 0. The Morgan fingerprint density at radius 1 is 0.406 bits per heavy atom. The summed E-state index contributed by atoms with van der Waals surface area (Å²) in [4.78, 5) is 93.0. The molecule has 0 atom stereocenters. The summed E-state index contributed by atoms with van der Waals surface area (Å²) in [5.74, 6) is 2.35. The van der Waals surface area contributed by atoms with Crippen LogP contribution in [0.25, 0.3) is 0 Å². The van der Waals surface area contributed by atoms with Gasteiger partial charge in [0, 0.05) is 46.4 Å². The fourth-order valence-electron chi connectivity index (χ4n) is 0.128. The number of unbranched alkanes of at least 4 members (excludes halogenated alkanes) is 1. The fourth-order valence-corrected chi connectivity index (χ4v) is 0.128. The van der Waals surface area contributed by atoms with Crippen molar-refractivity contribution >= 4 is 81.5 Å². The number of terminal acetylenes is 1. The number of nitrogens with zero attached hydrogens (tertiary/aromatic N) is 1. The molecule has 15 heteroatoms. The van der Waals surface area contributed by atoms with Crippen molar-refractivity contribution in [2.24, 2.45) is 0 Å². The van der Waals surface area contributed by atoms with Gasteiger partial charge in [0.25, 0.3) is 0 Å². The van der Waals surface area contributed by atoms with Gasteiger partial charge < -0.3 is 57.5 Å². The minimum atomic E-state index is 0. The monoisotopic (exact) mass is 545 g/mol. The van der Waals surface area contributed by atoms with Gasteiger partial charge in [0.1, 0.15) is 0 Å². The number of nitriles is 1. The molecule has 2 radical (unpaired) electrons. The minimum absolute atomic E-state index is 0. The molecule has 13 nitrogen and oxygen atoms in total. The average Bonchev–Trinajstić information content (AvgIpc) is 2.96. The summed E-state index contributed by atoms with van der Waals surface area (Å²) >= 11 is 0. The van der Waals surface area contributed by atoms with E-state index in [0.29, 0.717) is 12.8 Å². The molecule has 0 amide bonds. The molecular formula is C17H17Co2NO12-12. The van der Waals surface area contributed by atoms with Gasteiger partial charge in [0.15, 0.2) is 0 Å². The Balaban J connectivity index is -0.00000000775. The molecule has 0 aliphatic heterocycles. The zero-order valence-corrected chi connectivity index (χ0v) is 18.0. The maximum Gasteiger partial charge on any atom is 0.0631 e. The fraction of sp³-hybridized carbons (Fsp3) is 0.118. The predicted molar refractivity (Wildman–Crippen MR) is 105 cm³/mol. The number of rotatable bonds is 1. The summed E-state index contributed by atoms with van der Waals surface area (Å²) in [7, 11) is 0. The van der Waals surface area contributed by atoms with Crippen LogP contribution in [0.1, 0.15) is 12.8 Å². The summed E-state index contributed by atoms with van der Waals surface area (Å²) in [6, 6.07) is 1.93. The molecule has 0 heterocycles. The SMILES string of the molecule is C#CCCC#N.[CH-]=O.[CH-]=O.[CH-]=O.[CH-]=O.[CH-]=O.[CH-]=O.[CH-]=O.[CH-]=O.[CH-]=O.[CH-]=O.[CH-]=O.[CH-]=O.[Co].[Co]. The van der Waals surface area contributed by atoms with Gasteiger partial charge in [0.05, 0.1) is 6.07 Å². The summed E-state index contributed by atoms with van der Waals surface area (Å²) in [5.41, 5.74) is 0. The van der Waals surface area contributed by atoms with Crippen molar-refractivity contribution in [2.75, 3.05) is 0 Å². The molecule has 0 spiro atoms. The molecule has 0 rings (SSSR count). The van der Waals surface area contributed by atoms with Crippen LogP contribution in [0.2, 0.25) is 0 Å². The van der Waals surface area contributed by atoms with E-state index >= 15 is 0 Å². The van der Waals surface area contributed by atoms with Gasteiger partial charge in [-0.1, -0.05) is 0 Å². The standard InChI is InChI=1S/C5H5N.12CHO.2Co/c1-2-3-4-5-6;12*1-2;;/h1H,3-4H2;12*1H;;/q;12*-1;;. The van der Waals surface area contributed by atoms with Gasteiger partial charge in [-0.15, -0.1) is 12.3 Å². The number of carbonyl (C=O) groups excluding carboxylic acids is 12. The molecular weight excluding hydrogens is 528 g/mol. The van der Waals surface area contributed by atoms with E-state index in [2.05, 4.69) is 87.4 Å². The van der Waals surface area contributed by atoms with E-state index in [0.717, 1.165) is 0 Å². The molecule has 0 saturated heterocycles. The Bertz CT molecular complexity index is 214. The minimum Gasteiger partial charge on any atom is -0.545 e. The smallest absolute Gasteiger partial charge is 0.0631 e. The molecule has 0 N–H and O–H groups in total. The van der Waals surface area contributed by atoms with E-state index < -0.39 is 0 Å². The number of hydrogen-bond donors (Lipinski definition) is 0. The van der Waals surface area contributed by atoms with Crippen LogP contribution in [0.15, 0.2) is 0 Å². The van der Waals surface area contributed by atoms with Crippen molar-refractivity contribution in [3.63, 3.8) is 0 Å². The van der Waals surface area contributed by atoms with Gasteiger partial charge in [-0.3, -0.25) is 81.5 Å². The summed E-state index contributed by atoms with van der Waals surface area (Å²) in [5, 5.41) is 7.85. The Morgan fingerprint density at radius 2 is 0.531 bits per heavy atom. The van der Waals surface area contributed by atoms with Crippen LogP contribution in [0.3, 0.4) is 0 Å². The van der Waals surface area contributed by atoms with Crippen molar-refractivity contribution in [1.82, 2.24) is 0 Å². The van der Waals surface area contributed by atoms with Gasteiger partial charge in [-0.2, -0.15) is 5.26 Å². The van der Waals surface area contributed by atoms with Crippen LogP contribution >= 0.6 is 0 Å². The van der Waals surface area contributed by atoms with E-state index in [1.165, 1.54) is 0 Å². The van der Waals surface area contributed by atoms with Crippen LogP contribution in [-0.2, 0) is 91.1 Å². The Labute approximate surface area is 209 Å². The summed E-state index contributed by atoms with van der Waals surface area (Å²) in [6.07, 6.45) is 5.88. The van der Waals surface area contributed by atoms with E-state index in [-0.39, 0.29) is 33.6 Å². The molecule has 0 aliphatic rings. The topological polar surface area (TPSA) is 229 Å². The Morgan fingerprint density at radius 3 is 0.562 bits per heavy atom. The second kappa shape index (κ2) is 1740000. The maximum atomic E-state index is 7.85. The largest absolute Gasteiger partial charge is 0.545 e. The first-order valence-electron chi connectivity index (χ1n) is 4.55. The van der Waals surface area contributed by atoms with Gasteiger partial charge >= 0.3 is 0 Å². The molecule has 0 bridgehead atoms. The maximum absolute atomic E-state index is 7.85. The quantitative estimate of drug-likeness (QED) is 0.145. The molecule has 0 aliphatic carbocycles. The van der Waals surface area contributed by atoms with E-state index in [4.69, 9.17) is 69.2 Å². The third-order valence-corrected chi connectivity index (χ3v) is 0.381. The average molecular weight is 545 g/mol. The van der Waals surface area contributed by atoms with Crippen molar-refractivity contribution in [3.05, 3.63) is 0 Å². The van der Waals surface area contributed by atoms with Gasteiger partial charge in [-0.25, -0.2) is 0 Å². The third-order valence-electron chi connectivity index (χ3n) is 0.381. The first-order chi connectivity index (χ1) is 14.9. The van der Waals surface area contributed by atoms with Crippen LogP contribution in [0, 0.1) is 23.7 Å². The van der Waals surface area contributed by atoms with Crippen LogP contribution in [0.4, 0.5) is 0 Å². The van der Waals surface area contributed by atoms with E-state index in [9.17, 15) is 0 Å². The summed E-state index contributed by atoms with van der Waals surface area (Å²) in [6.45, 7) is 39.0. The third kappa shape index (κ3) is 20400. The zero-order chi connectivity index (χ0) is 28.8. The van der Waals surface area contributed by atoms with Crippen molar-refractivity contribution in [1.29, 1.82) is 5.26 Å². The molecule has 0 aromatic heterocycles. The first-order valence-corrected chi connectivity index (χ1v) is 4.55. The molecule has 0 saturated carbocycles. The van der Waals surface area contributed by atoms with E-state index in [1.807, 2.05) is 6.07 Å². The first kappa shape index (κ1) is 120. The molecule has 0 aromatic rings. The van der Waals surface area contributed by atoms with Crippen LogP contribution in [0.5, 0.6) is 0 Å². The molecule has 32 heavy (non-hydrogen) atoms. The Hall–Kier alpha value is -3.90. The Kier molecular flexibility index (Phi) is 6540000. The molecule has 0 unspecified atom stereocenters. The second-order valence-electron chi connectivity index (χ2n) is 0.862. The normalized spacial score (nSPS) is 2.56. The predicted octanol–water partition coefficient (Wildman–Crippen LogP) is -2.37. The van der Waals surface area contributed by atoms with Crippen LogP contribution < -0.4 is 0 Å². The molecule has 192 valence electrons. The van der Waals surface area contributed by atoms with Crippen molar-refractivity contribution < 1.29 is 91.1 Å². The second-order valence-corrected chi connectivity index (χ2v) is 0.862. The van der Waals surface area contributed by atoms with Crippen LogP contribution in [-0.4, -0.2) is 81.5 Å².